The number of anilines is 1. The second kappa shape index (κ2) is 65.0. The van der Waals surface area contributed by atoms with E-state index in [0.29, 0.717) is 41.4 Å². The number of fused-ring (bicyclic) bond motifs is 3. The van der Waals surface area contributed by atoms with Crippen LogP contribution in [0.25, 0.3) is 21.8 Å². The number of rotatable bonds is 68. The van der Waals surface area contributed by atoms with Crippen LogP contribution in [0.15, 0.2) is 54.2 Å². The quantitative estimate of drug-likeness (QED) is 0.00820. The van der Waals surface area contributed by atoms with Crippen molar-refractivity contribution >= 4 is 175 Å². The molecule has 13 atom stereocenters. The van der Waals surface area contributed by atoms with Crippen molar-refractivity contribution in [2.45, 2.75) is 245 Å². The van der Waals surface area contributed by atoms with Crippen molar-refractivity contribution in [2.24, 2.45) is 68.8 Å². The highest BCUT2D eigenvalue weighted by Gasteiger charge is 2.46. The first-order valence-corrected chi connectivity index (χ1v) is 49.2. The monoisotopic (exact) mass is 2070 g/mol. The highest BCUT2D eigenvalue weighted by Crippen LogP contribution is 2.31. The number of unbranched alkanes of at least 4 members (excludes halogenated alkanes) is 2. The topological polar surface area (TPSA) is 994 Å². The van der Waals surface area contributed by atoms with Gasteiger partial charge in [-0.05, 0) is 197 Å². The molecule has 5 rings (SSSR count). The van der Waals surface area contributed by atoms with Crippen LogP contribution in [0, 0.1) is 32.5 Å². The Morgan fingerprint density at radius 3 is 1.08 bits per heavy atom. The maximum Gasteiger partial charge on any atom is 0.248 e. The number of pyridine rings is 2. The molecule has 2 aliphatic heterocycles. The molecule has 2 aliphatic rings. The van der Waals surface area contributed by atoms with Crippen LogP contribution in [0.2, 0.25) is 0 Å². The minimum absolute atomic E-state index is 0.000598. The Hall–Kier alpha value is -15.4. The largest absolute Gasteiger partial charge is 0.370 e. The smallest absolute Gasteiger partial charge is 0.248 e. The lowest BCUT2D eigenvalue weighted by atomic mass is 10.0. The highest BCUT2D eigenvalue weighted by atomic mass is 32.2. The number of thioether (sulfide) groups is 1. The van der Waals surface area contributed by atoms with Gasteiger partial charge >= 0.3 is 0 Å². The average molecular weight is 2070 g/mol. The summed E-state index contributed by atoms with van der Waals surface area (Å²) in [4.78, 5) is 253. The molecular formula is C88H146N40O17S. The summed E-state index contributed by atoms with van der Waals surface area (Å²) in [6.45, 7) is -0.430. The number of hydrogen-bond donors (Lipinski definition) is 36. The molecule has 2 aromatic heterocycles. The van der Waals surface area contributed by atoms with Crippen LogP contribution in [0.1, 0.15) is 167 Å². The van der Waals surface area contributed by atoms with Crippen LogP contribution in [0.3, 0.4) is 0 Å². The first-order chi connectivity index (χ1) is 69.6. The lowest BCUT2D eigenvalue weighted by Gasteiger charge is -2.34. The zero-order valence-corrected chi connectivity index (χ0v) is 82.5. The lowest BCUT2D eigenvalue weighted by molar-refractivity contribution is -0.148. The van der Waals surface area contributed by atoms with Crippen molar-refractivity contribution in [2.75, 3.05) is 83.1 Å². The second-order valence-electron chi connectivity index (χ2n) is 34.7. The van der Waals surface area contributed by atoms with E-state index < -0.39 is 235 Å². The Morgan fingerprint density at radius 2 is 0.712 bits per heavy atom. The molecule has 48 N–H and O–H groups in total. The standard InChI is InChI=1S/C88H146N40O17S/c89-32-3-1-17-51(117-71(134)50(115-67(132)46-91)19-7-36-109-83(95)96)72(135)118-52(18-2-4-33-90)73(136)119-53(20-8-37-110-84(97)98)74(137)120-55(22-10-39-112-86(101)102)76(139)123-57(27-29-64(92)129)78(141)122-54(21-9-38-111-85(99)100)75(138)121-56(23-11-40-113-87(103)104)77(140)125-59(24-12-41-114-88(105)106)81(144)128-43-14-26-63(128)82(145)127-42-13-25-62(127)80(143)124-58(28-30-65(93)130)79(142)126-61(70(94)133)47-146-44-31-66(131)116-60-45-48-15-5-34-107-68(48)69-49(60)16-6-35-108-69/h5-6,15-16,31,34-35,44-45,50-59,61-63H,1-4,7-14,17-30,32-33,36-43,46-47,89-91H2,(H2,92,129)(H2,93,130)(H2,94,133)(H,115,132)(H,116,131)(H,117,134)(H,118,135)(H,119,136)(H,120,137)(H,121,138)(H,122,141)(H,123,139)(H,124,143)(H,125,140)(H,126,142)(H4,95,96,109)(H4,97,98,110)(H4,99,100,111)(H4,101,102,112)(H4,103,104,113)(H4,105,106,114)/b44-31+/t50-,51-,52-,53-,54-,55-,56-,57-,58-,59-,61-,62-,63-/m0/s1. The summed E-state index contributed by atoms with van der Waals surface area (Å²) in [5.41, 5.74) is 69.3. The third-order valence-corrected chi connectivity index (χ3v) is 24.1. The molecule has 0 bridgehead atoms. The fraction of sp³-hybridized carbons (Fsp3) is 0.580. The molecule has 3 aromatic rings. The Bertz CT molecular complexity index is 5060. The zero-order chi connectivity index (χ0) is 108. The Balaban J connectivity index is 1.42. The number of amides is 17. The van der Waals surface area contributed by atoms with E-state index in [1.165, 1.54) is 21.3 Å². The van der Waals surface area contributed by atoms with E-state index in [1.807, 2.05) is 6.07 Å². The van der Waals surface area contributed by atoms with Crippen LogP contribution >= 0.6 is 11.8 Å². The van der Waals surface area contributed by atoms with Gasteiger partial charge in [-0.2, -0.15) is 0 Å². The molecule has 0 unspecified atom stereocenters. The van der Waals surface area contributed by atoms with Crippen LogP contribution in [0.5, 0.6) is 0 Å². The van der Waals surface area contributed by atoms with Gasteiger partial charge in [0.1, 0.15) is 78.5 Å². The van der Waals surface area contributed by atoms with Crippen molar-refractivity contribution in [1.29, 1.82) is 32.5 Å². The molecule has 2 fully saturated rings. The number of nitrogens with zero attached hydrogens (tertiary/aromatic N) is 4. The minimum Gasteiger partial charge on any atom is -0.370 e. The molecule has 0 saturated carbocycles. The van der Waals surface area contributed by atoms with Crippen molar-refractivity contribution in [3.63, 3.8) is 0 Å². The molecule has 0 spiro atoms. The van der Waals surface area contributed by atoms with Crippen molar-refractivity contribution in [1.82, 2.24) is 110 Å². The molecule has 146 heavy (non-hydrogen) atoms. The molecule has 4 heterocycles. The molecule has 806 valence electrons. The highest BCUT2D eigenvalue weighted by molar-refractivity contribution is 8.02. The molecule has 58 heteroatoms. The van der Waals surface area contributed by atoms with Gasteiger partial charge in [0.15, 0.2) is 35.8 Å². The number of likely N-dealkylation sites (tertiary alicyclic amines) is 2. The van der Waals surface area contributed by atoms with E-state index in [9.17, 15) is 52.7 Å². The fourth-order valence-corrected chi connectivity index (χ4v) is 16.6. The van der Waals surface area contributed by atoms with Gasteiger partial charge in [-0.1, -0.05) is 6.07 Å². The summed E-state index contributed by atoms with van der Waals surface area (Å²) >= 11 is 0.938. The van der Waals surface area contributed by atoms with E-state index in [1.54, 1.807) is 36.7 Å². The molecule has 57 nitrogen and oxygen atoms in total. The lowest BCUT2D eigenvalue weighted by Crippen LogP contribution is -2.61. The van der Waals surface area contributed by atoms with Crippen LogP contribution in [-0.2, 0) is 81.5 Å². The molecule has 2 saturated heterocycles. The van der Waals surface area contributed by atoms with Crippen LogP contribution in [0.4, 0.5) is 5.69 Å². The SMILES string of the molecule is N=C(N)NCCC[C@H](NC(=O)CN)C(=O)N[C@@H](CCCCN)C(=O)N[C@@H](CCCCN)C(=O)N[C@@H](CCCNC(=N)N)C(=O)N[C@@H](CCCNC(=N)N)C(=O)N[C@@H](CCC(N)=O)C(=O)N[C@@H](CCCNC(=N)N)C(=O)N[C@@H](CCCNC(=N)N)C(=O)N[C@@H](CCCNC(=N)N)C(=O)N1CCC[C@H]1C(=O)N1CCC[C@H]1C(=O)N[C@@H](CCC(N)=O)C(=O)N[C@@H](CS/C=C/C(=O)Nc1cc2cccnc2c2ncccc12)C(N)=O. The predicted molar refractivity (Wildman–Crippen MR) is 544 cm³/mol. The average Bonchev–Trinajstić information content (AvgIpc) is 0.967. The summed E-state index contributed by atoms with van der Waals surface area (Å²) in [6, 6.07) is -10.8. The normalized spacial score (nSPS) is 15.4. The number of nitrogens with two attached hydrogens (primary N) is 12. The summed E-state index contributed by atoms with van der Waals surface area (Å²) in [5, 5.41) is 96.4. The second-order valence-corrected chi connectivity index (χ2v) is 35.7. The van der Waals surface area contributed by atoms with Gasteiger partial charge < -0.3 is 174 Å². The molecule has 1 aromatic carbocycles. The maximum absolute atomic E-state index is 15.3. The van der Waals surface area contributed by atoms with Gasteiger partial charge in [0.25, 0.3) is 0 Å². The Labute approximate surface area is 847 Å². The summed E-state index contributed by atoms with van der Waals surface area (Å²) in [5.74, 6) is -18.3. The van der Waals surface area contributed by atoms with Gasteiger partial charge in [-0.15, -0.1) is 11.8 Å². The van der Waals surface area contributed by atoms with Crippen molar-refractivity contribution < 1.29 is 81.5 Å². The van der Waals surface area contributed by atoms with E-state index in [2.05, 4.69) is 106 Å². The third kappa shape index (κ3) is 44.2. The van der Waals surface area contributed by atoms with E-state index in [0.717, 1.165) is 17.1 Å². The summed E-state index contributed by atoms with van der Waals surface area (Å²) in [7, 11) is 0. The Kier molecular flexibility index (Phi) is 53.9. The van der Waals surface area contributed by atoms with E-state index in [-0.39, 0.29) is 206 Å². The third-order valence-electron chi connectivity index (χ3n) is 23.3. The van der Waals surface area contributed by atoms with Crippen molar-refractivity contribution in [3.05, 3.63) is 54.2 Å². The first-order valence-electron chi connectivity index (χ1n) is 48.2. The number of benzene rings is 1. The number of carbonyl (C=O) groups is 17. The summed E-state index contributed by atoms with van der Waals surface area (Å²) < 4.78 is 0. The number of carbonyl (C=O) groups excluding carboxylic acids is 17. The molecular weight excluding hydrogens is 1920 g/mol. The van der Waals surface area contributed by atoms with Gasteiger partial charge in [0.2, 0.25) is 100 Å². The van der Waals surface area contributed by atoms with Gasteiger partial charge in [0.05, 0.1) is 23.3 Å². The number of nitrogens with one attached hydrogen (secondary N) is 24. The molecule has 17 amide bonds. The first kappa shape index (κ1) is 121. The Morgan fingerprint density at radius 1 is 0.384 bits per heavy atom. The number of primary amides is 3. The number of aromatic nitrogens is 2. The molecule has 0 radical (unpaired) electrons. The van der Waals surface area contributed by atoms with Gasteiger partial charge in [-0.3, -0.25) is 124 Å². The van der Waals surface area contributed by atoms with Gasteiger partial charge in [-0.25, -0.2) is 0 Å². The minimum atomic E-state index is -1.82. The van der Waals surface area contributed by atoms with Gasteiger partial charge in [0, 0.05) is 100 Å². The van der Waals surface area contributed by atoms with Crippen LogP contribution < -0.4 is 165 Å². The fourth-order valence-electron chi connectivity index (χ4n) is 15.9. The van der Waals surface area contributed by atoms with E-state index in [4.69, 9.17) is 101 Å². The predicted octanol–water partition coefficient (Wildman–Crippen LogP) is -9.90. The number of hydrogen-bond acceptors (Lipinski definition) is 29. The number of guanidine groups is 6. The molecule has 0 aliphatic carbocycles. The van der Waals surface area contributed by atoms with Crippen LogP contribution in [-0.4, -0.2) is 312 Å². The summed E-state index contributed by atoms with van der Waals surface area (Å²) in [6.07, 6.45) is 2.80. The zero-order valence-electron chi connectivity index (χ0n) is 81.6. The maximum atomic E-state index is 15.3. The van der Waals surface area contributed by atoms with Crippen molar-refractivity contribution in [3.8, 4) is 0 Å². The van der Waals surface area contributed by atoms with E-state index >= 15 is 28.8 Å².